The summed E-state index contributed by atoms with van der Waals surface area (Å²) in [6, 6.07) is 38.5. The molecule has 0 aliphatic carbocycles. The fraction of sp³-hybridized carbons (Fsp3) is 0.103. The van der Waals surface area contributed by atoms with Gasteiger partial charge in [-0.15, -0.1) is 0 Å². The Morgan fingerprint density at radius 1 is 0.857 bits per heavy atom. The number of rotatable bonds is 9. The smallest absolute Gasteiger partial charge is 0.305 e. The average Bonchev–Trinajstić information content (AvgIpc) is 3.53. The molecule has 244 valence electrons. The third-order valence-electron chi connectivity index (χ3n) is 8.35. The minimum atomic E-state index is -3.97. The number of imidazole rings is 1. The van der Waals surface area contributed by atoms with Gasteiger partial charge < -0.3 is 9.15 Å². The number of aryl methyl sites for hydroxylation is 2. The van der Waals surface area contributed by atoms with E-state index in [0.29, 0.717) is 21.9 Å². The van der Waals surface area contributed by atoms with E-state index >= 15 is 0 Å². The van der Waals surface area contributed by atoms with Gasteiger partial charge in [-0.3, -0.25) is 9.36 Å². The second-order valence-corrected chi connectivity index (χ2v) is 13.2. The van der Waals surface area contributed by atoms with Gasteiger partial charge in [0.15, 0.2) is 0 Å². The average molecular weight is 669 g/mol. The lowest BCUT2D eigenvalue weighted by Gasteiger charge is -2.11. The van der Waals surface area contributed by atoms with E-state index in [0.717, 1.165) is 44.8 Å². The van der Waals surface area contributed by atoms with Crippen molar-refractivity contribution < 1.29 is 22.4 Å². The Bertz CT molecular complexity index is 2490. The number of aromatic nitrogens is 2. The summed E-state index contributed by atoms with van der Waals surface area (Å²) < 4.78 is 39.3. The minimum absolute atomic E-state index is 0.0691. The summed E-state index contributed by atoms with van der Waals surface area (Å²) in [6.07, 6.45) is 1.80. The number of hydrogen-bond donors (Lipinski definition) is 1. The van der Waals surface area contributed by atoms with Gasteiger partial charge in [-0.05, 0) is 73.0 Å². The molecule has 7 rings (SSSR count). The highest BCUT2D eigenvalue weighted by atomic mass is 32.2. The molecule has 0 aliphatic rings. The van der Waals surface area contributed by atoms with Gasteiger partial charge in [-0.25, -0.2) is 4.98 Å². The van der Waals surface area contributed by atoms with Crippen LogP contribution in [0.5, 0.6) is 0 Å². The molecule has 1 N–H and O–H groups in total. The zero-order valence-electron chi connectivity index (χ0n) is 26.8. The molecule has 9 nitrogen and oxygen atoms in total. The van der Waals surface area contributed by atoms with E-state index in [4.69, 9.17) is 14.1 Å². The molecule has 2 heterocycles. The molecular weight excluding hydrogens is 637 g/mol. The van der Waals surface area contributed by atoms with Crippen molar-refractivity contribution in [3.05, 3.63) is 144 Å². The van der Waals surface area contributed by atoms with Gasteiger partial charge in [0.05, 0.1) is 29.3 Å². The number of carbonyl (C=O) groups excluding carboxylic acids is 1. The van der Waals surface area contributed by atoms with Crippen LogP contribution in [0.25, 0.3) is 50.2 Å². The van der Waals surface area contributed by atoms with E-state index in [9.17, 15) is 13.2 Å². The van der Waals surface area contributed by atoms with Gasteiger partial charge in [0.2, 0.25) is 0 Å². The highest BCUT2D eigenvalue weighted by molar-refractivity contribution is 7.89. The van der Waals surface area contributed by atoms with E-state index in [1.54, 1.807) is 12.1 Å². The van der Waals surface area contributed by atoms with Crippen molar-refractivity contribution in [2.75, 3.05) is 7.11 Å². The van der Waals surface area contributed by atoms with E-state index in [1.807, 2.05) is 85.8 Å². The fourth-order valence-corrected chi connectivity index (χ4v) is 6.57. The quantitative estimate of drug-likeness (QED) is 0.127. The summed E-state index contributed by atoms with van der Waals surface area (Å²) in [5.41, 5.74) is 7.69. The van der Waals surface area contributed by atoms with E-state index in [2.05, 4.69) is 32.7 Å². The van der Waals surface area contributed by atoms with Gasteiger partial charge in [0, 0.05) is 28.6 Å². The normalized spacial score (nSPS) is 12.0. The number of sulfonamides is 1. The molecule has 0 radical (unpaired) electrons. The number of benzene rings is 5. The van der Waals surface area contributed by atoms with Crippen molar-refractivity contribution >= 4 is 38.0 Å². The van der Waals surface area contributed by atoms with Gasteiger partial charge in [0.1, 0.15) is 16.8 Å². The van der Waals surface area contributed by atoms with Crippen LogP contribution in [0.4, 0.5) is 0 Å². The molecule has 0 atom stereocenters. The minimum Gasteiger partial charge on any atom is -0.469 e. The van der Waals surface area contributed by atoms with Crippen LogP contribution in [-0.4, -0.2) is 31.0 Å². The molecule has 0 saturated heterocycles. The number of esters is 1. The first-order valence-corrected chi connectivity index (χ1v) is 17.2. The molecule has 10 heteroatoms. The molecule has 0 bridgehead atoms. The first kappa shape index (κ1) is 31.6. The van der Waals surface area contributed by atoms with Crippen LogP contribution in [0.1, 0.15) is 17.5 Å². The van der Waals surface area contributed by atoms with Gasteiger partial charge >= 0.3 is 5.97 Å². The second kappa shape index (κ2) is 13.2. The Labute approximate surface area is 283 Å². The standard InChI is InChI=1S/C39H32N4O5S/c1-26-12-20-32(21-13-26)49(45,46)42-41-38-30(19-23-37(44)47-2)25-48-36-22-18-29(24-33(36)38)27-14-16-28(17-15-27)39-40-34-10-6-7-11-35(34)43(39)31-8-4-3-5-9-31/h3-18,20-22,24-25,42H,19,23H2,1-2H3/b41-38-. The molecule has 0 saturated carbocycles. The Kier molecular flexibility index (Phi) is 8.54. The molecule has 0 fully saturated rings. The predicted octanol–water partition coefficient (Wildman–Crippen LogP) is 7.31. The second-order valence-electron chi connectivity index (χ2n) is 11.6. The molecular formula is C39H32N4O5S. The first-order chi connectivity index (χ1) is 23.8. The number of ether oxygens (including phenoxy) is 1. The third-order valence-corrected chi connectivity index (χ3v) is 9.58. The Morgan fingerprint density at radius 3 is 2.31 bits per heavy atom. The molecule has 0 spiro atoms. The summed E-state index contributed by atoms with van der Waals surface area (Å²) in [7, 11) is -2.65. The zero-order valence-corrected chi connectivity index (χ0v) is 27.6. The number of hydrogen-bond acceptors (Lipinski definition) is 7. The summed E-state index contributed by atoms with van der Waals surface area (Å²) in [5, 5.41) is 5.34. The van der Waals surface area contributed by atoms with Crippen molar-refractivity contribution in [2.24, 2.45) is 5.10 Å². The summed E-state index contributed by atoms with van der Waals surface area (Å²) in [6.45, 7) is 1.88. The predicted molar refractivity (Wildman–Crippen MR) is 189 cm³/mol. The Morgan fingerprint density at radius 2 is 1.55 bits per heavy atom. The van der Waals surface area contributed by atoms with E-state index in [-0.39, 0.29) is 17.7 Å². The number of nitrogens with one attached hydrogen (secondary N) is 1. The van der Waals surface area contributed by atoms with Crippen LogP contribution in [0, 0.1) is 6.92 Å². The molecule has 7 aromatic rings. The lowest BCUT2D eigenvalue weighted by atomic mass is 10.0. The zero-order chi connectivity index (χ0) is 34.0. The maximum absolute atomic E-state index is 13.2. The van der Waals surface area contributed by atoms with Gasteiger partial charge in [-0.1, -0.05) is 78.4 Å². The summed E-state index contributed by atoms with van der Waals surface area (Å²) >= 11 is 0. The van der Waals surface area contributed by atoms with Crippen molar-refractivity contribution in [1.29, 1.82) is 0 Å². The largest absolute Gasteiger partial charge is 0.469 e. The fourth-order valence-electron chi connectivity index (χ4n) is 5.75. The number of carbonyl (C=O) groups is 1. The van der Waals surface area contributed by atoms with Crippen molar-refractivity contribution in [1.82, 2.24) is 14.4 Å². The Hall–Kier alpha value is -6.00. The molecule has 2 aromatic heterocycles. The summed E-state index contributed by atoms with van der Waals surface area (Å²) in [5.74, 6) is 0.425. The number of nitrogens with zero attached hydrogens (tertiary/aromatic N) is 3. The Balaban J connectivity index is 1.29. The van der Waals surface area contributed by atoms with Crippen LogP contribution >= 0.6 is 0 Å². The monoisotopic (exact) mass is 668 g/mol. The molecule has 49 heavy (non-hydrogen) atoms. The lowest BCUT2D eigenvalue weighted by Crippen LogP contribution is -2.24. The van der Waals surface area contributed by atoms with Crippen molar-refractivity contribution in [2.45, 2.75) is 24.7 Å². The van der Waals surface area contributed by atoms with Gasteiger partial charge in [0.25, 0.3) is 10.0 Å². The highest BCUT2D eigenvalue weighted by Gasteiger charge is 2.16. The van der Waals surface area contributed by atoms with Crippen LogP contribution in [0.15, 0.2) is 142 Å². The molecule has 0 unspecified atom stereocenters. The number of fused-ring (bicyclic) bond motifs is 2. The van der Waals surface area contributed by atoms with Crippen LogP contribution in [0.2, 0.25) is 0 Å². The lowest BCUT2D eigenvalue weighted by molar-refractivity contribution is -0.140. The molecule has 0 aliphatic heterocycles. The van der Waals surface area contributed by atoms with Crippen LogP contribution < -0.4 is 10.2 Å². The maximum atomic E-state index is 13.2. The number of methoxy groups -OCH3 is 1. The third kappa shape index (κ3) is 6.46. The SMILES string of the molecule is COC(=O)CCc1coc2ccc(-c3ccc(-c4nc5ccccc5n4-c4ccccc4)cc3)cc2/c1=N\NS(=O)(=O)c1ccc(C)cc1. The van der Waals surface area contributed by atoms with Crippen LogP contribution in [-0.2, 0) is 26.0 Å². The number of para-hydroxylation sites is 3. The highest BCUT2D eigenvalue weighted by Crippen LogP contribution is 2.31. The maximum Gasteiger partial charge on any atom is 0.305 e. The van der Waals surface area contributed by atoms with Crippen molar-refractivity contribution in [3.63, 3.8) is 0 Å². The van der Waals surface area contributed by atoms with Crippen molar-refractivity contribution in [3.8, 4) is 28.2 Å². The topological polar surface area (TPSA) is 116 Å². The van der Waals surface area contributed by atoms with E-state index < -0.39 is 16.0 Å². The van der Waals surface area contributed by atoms with Crippen LogP contribution in [0.3, 0.4) is 0 Å². The van der Waals surface area contributed by atoms with E-state index in [1.165, 1.54) is 25.5 Å². The first-order valence-electron chi connectivity index (χ1n) is 15.7. The van der Waals surface area contributed by atoms with Gasteiger partial charge in [-0.2, -0.15) is 18.4 Å². The summed E-state index contributed by atoms with van der Waals surface area (Å²) in [4.78, 5) is 19.5. The molecule has 0 amide bonds. The molecule has 5 aromatic carbocycles.